The summed E-state index contributed by atoms with van der Waals surface area (Å²) in [7, 11) is 3.50. The molecule has 4 heteroatoms. The Kier molecular flexibility index (Phi) is 4.15. The number of nitrogens with zero attached hydrogens (tertiary/aromatic N) is 1. The van der Waals surface area contributed by atoms with Crippen molar-refractivity contribution >= 4 is 27.5 Å². The van der Waals surface area contributed by atoms with Crippen LogP contribution in [-0.2, 0) is 4.79 Å². The first-order chi connectivity index (χ1) is 7.02. The molecule has 3 nitrogen and oxygen atoms in total. The highest BCUT2D eigenvalue weighted by Crippen LogP contribution is 2.21. The van der Waals surface area contributed by atoms with Gasteiger partial charge in [-0.15, -0.1) is 0 Å². The topological polar surface area (TPSA) is 32.3 Å². The summed E-state index contributed by atoms with van der Waals surface area (Å²) < 4.78 is 0.961. The van der Waals surface area contributed by atoms with Gasteiger partial charge < -0.3 is 10.2 Å². The Morgan fingerprint density at radius 2 is 2.00 bits per heavy atom. The SMILES string of the molecule is CC(Nc1ccccc1Br)C(=O)N(C)C. The van der Waals surface area contributed by atoms with Crippen LogP contribution in [0.4, 0.5) is 5.69 Å². The summed E-state index contributed by atoms with van der Waals surface area (Å²) in [4.78, 5) is 13.2. The number of hydrogen-bond donors (Lipinski definition) is 1. The van der Waals surface area contributed by atoms with Crippen LogP contribution in [-0.4, -0.2) is 30.9 Å². The highest BCUT2D eigenvalue weighted by molar-refractivity contribution is 9.10. The number of halogens is 1. The van der Waals surface area contributed by atoms with Crippen molar-refractivity contribution in [2.24, 2.45) is 0 Å². The maximum absolute atomic E-state index is 11.6. The van der Waals surface area contributed by atoms with Gasteiger partial charge in [-0.3, -0.25) is 4.79 Å². The maximum Gasteiger partial charge on any atom is 0.244 e. The van der Waals surface area contributed by atoms with Gasteiger partial charge in [-0.1, -0.05) is 12.1 Å². The number of amides is 1. The van der Waals surface area contributed by atoms with Gasteiger partial charge in [0.05, 0.1) is 0 Å². The quantitative estimate of drug-likeness (QED) is 0.915. The lowest BCUT2D eigenvalue weighted by atomic mass is 10.2. The molecule has 0 bridgehead atoms. The average Bonchev–Trinajstić information content (AvgIpc) is 2.20. The van der Waals surface area contributed by atoms with Crippen molar-refractivity contribution in [2.75, 3.05) is 19.4 Å². The van der Waals surface area contributed by atoms with E-state index in [0.29, 0.717) is 0 Å². The van der Waals surface area contributed by atoms with E-state index in [9.17, 15) is 4.79 Å². The fraction of sp³-hybridized carbons (Fsp3) is 0.364. The van der Waals surface area contributed by atoms with E-state index in [1.807, 2.05) is 31.2 Å². The molecule has 0 heterocycles. The number of rotatable bonds is 3. The van der Waals surface area contributed by atoms with E-state index in [-0.39, 0.29) is 11.9 Å². The molecule has 1 atom stereocenters. The van der Waals surface area contributed by atoms with Gasteiger partial charge in [0.2, 0.25) is 5.91 Å². The zero-order chi connectivity index (χ0) is 11.4. The molecule has 1 N–H and O–H groups in total. The van der Waals surface area contributed by atoms with Crippen LogP contribution in [0.3, 0.4) is 0 Å². The summed E-state index contributed by atoms with van der Waals surface area (Å²) in [5.74, 6) is 0.0609. The molecule has 0 saturated carbocycles. The van der Waals surface area contributed by atoms with Gasteiger partial charge in [0.1, 0.15) is 6.04 Å². The molecule has 1 rings (SSSR count). The summed E-state index contributed by atoms with van der Waals surface area (Å²) in [6, 6.07) is 7.52. The van der Waals surface area contributed by atoms with Crippen molar-refractivity contribution in [3.63, 3.8) is 0 Å². The molecule has 0 aromatic heterocycles. The molecule has 1 aromatic rings. The molecule has 0 saturated heterocycles. The molecule has 0 aliphatic heterocycles. The zero-order valence-electron chi connectivity index (χ0n) is 9.12. The lowest BCUT2D eigenvalue weighted by Crippen LogP contribution is -2.36. The van der Waals surface area contributed by atoms with E-state index in [0.717, 1.165) is 10.2 Å². The molecule has 0 aliphatic carbocycles. The Morgan fingerprint density at radius 3 is 2.53 bits per heavy atom. The number of para-hydroxylation sites is 1. The van der Waals surface area contributed by atoms with Crippen LogP contribution in [0.1, 0.15) is 6.92 Å². The molecular weight excluding hydrogens is 256 g/mol. The molecule has 82 valence electrons. The third-order valence-corrected chi connectivity index (χ3v) is 2.75. The first-order valence-electron chi connectivity index (χ1n) is 4.74. The van der Waals surface area contributed by atoms with Crippen LogP contribution in [0, 0.1) is 0 Å². The van der Waals surface area contributed by atoms with Crippen molar-refractivity contribution in [1.29, 1.82) is 0 Å². The maximum atomic E-state index is 11.6. The Labute approximate surface area is 98.6 Å². The minimum absolute atomic E-state index is 0.0609. The van der Waals surface area contributed by atoms with Gasteiger partial charge in [0, 0.05) is 24.3 Å². The monoisotopic (exact) mass is 270 g/mol. The number of likely N-dealkylation sites (N-methyl/N-ethyl adjacent to an activating group) is 1. The molecule has 1 amide bonds. The summed E-state index contributed by atoms with van der Waals surface area (Å²) >= 11 is 3.42. The van der Waals surface area contributed by atoms with Crippen molar-refractivity contribution in [2.45, 2.75) is 13.0 Å². The van der Waals surface area contributed by atoms with Gasteiger partial charge in [0.25, 0.3) is 0 Å². The third kappa shape index (κ3) is 3.23. The summed E-state index contributed by atoms with van der Waals surface area (Å²) in [6.45, 7) is 1.85. The highest BCUT2D eigenvalue weighted by Gasteiger charge is 2.14. The van der Waals surface area contributed by atoms with Crippen LogP contribution in [0.5, 0.6) is 0 Å². The second-order valence-electron chi connectivity index (χ2n) is 3.58. The highest BCUT2D eigenvalue weighted by atomic mass is 79.9. The second kappa shape index (κ2) is 5.16. The minimum Gasteiger partial charge on any atom is -0.373 e. The number of carbonyl (C=O) groups is 1. The van der Waals surface area contributed by atoms with Gasteiger partial charge >= 0.3 is 0 Å². The Morgan fingerprint density at radius 1 is 1.40 bits per heavy atom. The van der Waals surface area contributed by atoms with Gasteiger partial charge in [-0.25, -0.2) is 0 Å². The minimum atomic E-state index is -0.223. The van der Waals surface area contributed by atoms with Crippen LogP contribution < -0.4 is 5.32 Å². The third-order valence-electron chi connectivity index (χ3n) is 2.06. The summed E-state index contributed by atoms with van der Waals surface area (Å²) in [5.41, 5.74) is 0.931. The van der Waals surface area contributed by atoms with Crippen LogP contribution in [0.2, 0.25) is 0 Å². The zero-order valence-corrected chi connectivity index (χ0v) is 10.7. The number of carbonyl (C=O) groups excluding carboxylic acids is 1. The molecule has 1 aromatic carbocycles. The van der Waals surface area contributed by atoms with Gasteiger partial charge in [-0.2, -0.15) is 0 Å². The first-order valence-corrected chi connectivity index (χ1v) is 5.54. The van der Waals surface area contributed by atoms with E-state index >= 15 is 0 Å². The predicted molar refractivity (Wildman–Crippen MR) is 65.9 cm³/mol. The molecular formula is C11H15BrN2O. The van der Waals surface area contributed by atoms with E-state index < -0.39 is 0 Å². The van der Waals surface area contributed by atoms with Crippen molar-refractivity contribution in [1.82, 2.24) is 4.90 Å². The van der Waals surface area contributed by atoms with E-state index in [2.05, 4.69) is 21.2 Å². The standard InChI is InChI=1S/C11H15BrN2O/c1-8(11(15)14(2)3)13-10-7-5-4-6-9(10)12/h4-8,13H,1-3H3. The van der Waals surface area contributed by atoms with Crippen LogP contribution in [0.25, 0.3) is 0 Å². The second-order valence-corrected chi connectivity index (χ2v) is 4.43. The predicted octanol–water partition coefficient (Wildman–Crippen LogP) is 2.34. The normalized spacial score (nSPS) is 12.0. The lowest BCUT2D eigenvalue weighted by molar-refractivity contribution is -0.129. The largest absolute Gasteiger partial charge is 0.373 e. The number of benzene rings is 1. The number of nitrogens with one attached hydrogen (secondary N) is 1. The van der Waals surface area contributed by atoms with Crippen molar-refractivity contribution in [3.8, 4) is 0 Å². The average molecular weight is 271 g/mol. The number of anilines is 1. The molecule has 0 aliphatic rings. The van der Waals surface area contributed by atoms with Crippen molar-refractivity contribution in [3.05, 3.63) is 28.7 Å². The Bertz CT molecular complexity index is 352. The van der Waals surface area contributed by atoms with Gasteiger partial charge in [-0.05, 0) is 35.0 Å². The fourth-order valence-electron chi connectivity index (χ4n) is 1.26. The van der Waals surface area contributed by atoms with Crippen LogP contribution >= 0.6 is 15.9 Å². The number of hydrogen-bond acceptors (Lipinski definition) is 2. The molecule has 0 radical (unpaired) electrons. The smallest absolute Gasteiger partial charge is 0.244 e. The fourth-order valence-corrected chi connectivity index (χ4v) is 1.66. The molecule has 1 unspecified atom stereocenters. The van der Waals surface area contributed by atoms with E-state index in [4.69, 9.17) is 0 Å². The summed E-state index contributed by atoms with van der Waals surface area (Å²) in [5, 5.41) is 3.15. The van der Waals surface area contributed by atoms with E-state index in [1.165, 1.54) is 0 Å². The lowest BCUT2D eigenvalue weighted by Gasteiger charge is -2.19. The Balaban J connectivity index is 2.71. The Hall–Kier alpha value is -1.03. The molecule has 0 fully saturated rings. The first kappa shape index (κ1) is 12.0. The van der Waals surface area contributed by atoms with Crippen molar-refractivity contribution < 1.29 is 4.79 Å². The molecule has 0 spiro atoms. The van der Waals surface area contributed by atoms with Gasteiger partial charge in [0.15, 0.2) is 0 Å². The summed E-state index contributed by atoms with van der Waals surface area (Å²) in [6.07, 6.45) is 0. The van der Waals surface area contributed by atoms with Crippen LogP contribution in [0.15, 0.2) is 28.7 Å². The van der Waals surface area contributed by atoms with E-state index in [1.54, 1.807) is 19.0 Å². The molecule has 15 heavy (non-hydrogen) atoms.